The van der Waals surface area contributed by atoms with Gasteiger partial charge in [0.15, 0.2) is 0 Å². The van der Waals surface area contributed by atoms with Gasteiger partial charge in [0.2, 0.25) is 0 Å². The molecule has 0 aliphatic rings. The van der Waals surface area contributed by atoms with Crippen molar-refractivity contribution in [3.8, 4) is 11.1 Å². The highest BCUT2D eigenvalue weighted by atomic mass is 35.5. The summed E-state index contributed by atoms with van der Waals surface area (Å²) in [6, 6.07) is 3.73. The molecule has 2 aromatic rings. The predicted molar refractivity (Wildman–Crippen MR) is 67.9 cm³/mol. The van der Waals surface area contributed by atoms with E-state index in [-0.39, 0.29) is 27.4 Å². The van der Waals surface area contributed by atoms with Crippen molar-refractivity contribution in [3.63, 3.8) is 0 Å². The lowest BCUT2D eigenvalue weighted by Gasteiger charge is -2.11. The number of primary amides is 1. The van der Waals surface area contributed by atoms with Crippen molar-refractivity contribution in [2.75, 3.05) is 0 Å². The van der Waals surface area contributed by atoms with Crippen molar-refractivity contribution in [2.45, 2.75) is 6.92 Å². The van der Waals surface area contributed by atoms with Gasteiger partial charge in [0, 0.05) is 16.1 Å². The first kappa shape index (κ1) is 13.4. The molecule has 0 radical (unpaired) electrons. The summed E-state index contributed by atoms with van der Waals surface area (Å²) in [7, 11) is 0. The quantitative estimate of drug-likeness (QED) is 0.920. The summed E-state index contributed by atoms with van der Waals surface area (Å²) in [6.45, 7) is 1.50. The summed E-state index contributed by atoms with van der Waals surface area (Å²) in [4.78, 5) is 15.1. The maximum Gasteiger partial charge on any atom is 0.251 e. The maximum absolute atomic E-state index is 13.9. The zero-order chi connectivity index (χ0) is 14.2. The number of halogens is 3. The molecule has 1 aromatic heterocycles. The summed E-state index contributed by atoms with van der Waals surface area (Å²) in [5, 5.41) is 0.174. The van der Waals surface area contributed by atoms with Gasteiger partial charge in [-0.1, -0.05) is 11.6 Å². The number of pyridine rings is 1. The topological polar surface area (TPSA) is 56.0 Å². The lowest BCUT2D eigenvalue weighted by molar-refractivity contribution is 0.0999. The Hall–Kier alpha value is -2.01. The summed E-state index contributed by atoms with van der Waals surface area (Å²) >= 11 is 5.64. The van der Waals surface area contributed by atoms with Crippen LogP contribution in [0.3, 0.4) is 0 Å². The third-order valence-corrected chi connectivity index (χ3v) is 2.90. The van der Waals surface area contributed by atoms with Gasteiger partial charge in [0.1, 0.15) is 11.6 Å². The van der Waals surface area contributed by atoms with Gasteiger partial charge in [-0.3, -0.25) is 9.78 Å². The van der Waals surface area contributed by atoms with Crippen LogP contribution < -0.4 is 5.73 Å². The molecule has 0 aliphatic heterocycles. The van der Waals surface area contributed by atoms with Crippen LogP contribution in [0, 0.1) is 18.6 Å². The van der Waals surface area contributed by atoms with Gasteiger partial charge < -0.3 is 5.73 Å². The first-order valence-electron chi connectivity index (χ1n) is 5.32. The number of amides is 1. The van der Waals surface area contributed by atoms with Crippen LogP contribution in [-0.4, -0.2) is 10.9 Å². The van der Waals surface area contributed by atoms with Gasteiger partial charge in [-0.25, -0.2) is 8.78 Å². The standard InChI is InChI=1S/C13H9ClF2N2O/c1-6-11(13(17)19)12(10(16)5-18-6)8-3-2-7(14)4-9(8)15/h2-5H,1H3,(H2,17,19). The lowest BCUT2D eigenvalue weighted by atomic mass is 9.98. The third kappa shape index (κ3) is 2.42. The number of aryl methyl sites for hydroxylation is 1. The molecule has 1 amide bonds. The zero-order valence-electron chi connectivity index (χ0n) is 9.88. The maximum atomic E-state index is 13.9. The summed E-state index contributed by atoms with van der Waals surface area (Å²) in [5.41, 5.74) is 5.02. The molecule has 0 aliphatic carbocycles. The summed E-state index contributed by atoms with van der Waals surface area (Å²) in [6.07, 6.45) is 0.922. The van der Waals surface area contributed by atoms with Crippen LogP contribution in [-0.2, 0) is 0 Å². The molecule has 2 N–H and O–H groups in total. The van der Waals surface area contributed by atoms with Crippen LogP contribution in [0.1, 0.15) is 16.1 Å². The smallest absolute Gasteiger partial charge is 0.251 e. The van der Waals surface area contributed by atoms with Crippen molar-refractivity contribution >= 4 is 17.5 Å². The Morgan fingerprint density at radius 2 is 2.00 bits per heavy atom. The number of carbonyl (C=O) groups is 1. The Labute approximate surface area is 113 Å². The second-order valence-electron chi connectivity index (χ2n) is 3.93. The van der Waals surface area contributed by atoms with Crippen LogP contribution in [0.2, 0.25) is 5.02 Å². The molecule has 0 bridgehead atoms. The summed E-state index contributed by atoms with van der Waals surface area (Å²) in [5.74, 6) is -2.42. The largest absolute Gasteiger partial charge is 0.366 e. The highest BCUT2D eigenvalue weighted by molar-refractivity contribution is 6.30. The number of rotatable bonds is 2. The Kier molecular flexibility index (Phi) is 3.48. The van der Waals surface area contributed by atoms with E-state index in [0.29, 0.717) is 0 Å². The molecular formula is C13H9ClF2N2O. The zero-order valence-corrected chi connectivity index (χ0v) is 10.6. The molecule has 0 saturated carbocycles. The van der Waals surface area contributed by atoms with E-state index in [2.05, 4.69) is 4.98 Å². The van der Waals surface area contributed by atoms with Gasteiger partial charge in [-0.15, -0.1) is 0 Å². The number of nitrogens with zero attached hydrogens (tertiary/aromatic N) is 1. The van der Waals surface area contributed by atoms with Crippen molar-refractivity contribution in [1.29, 1.82) is 0 Å². The minimum atomic E-state index is -0.867. The Morgan fingerprint density at radius 1 is 1.32 bits per heavy atom. The van der Waals surface area contributed by atoms with E-state index in [1.165, 1.54) is 19.1 Å². The molecule has 6 heteroatoms. The van der Waals surface area contributed by atoms with E-state index in [4.69, 9.17) is 17.3 Å². The molecule has 0 fully saturated rings. The summed E-state index contributed by atoms with van der Waals surface area (Å²) < 4.78 is 27.8. The normalized spacial score (nSPS) is 10.5. The van der Waals surface area contributed by atoms with Crippen LogP contribution in [0.15, 0.2) is 24.4 Å². The molecule has 19 heavy (non-hydrogen) atoms. The number of carbonyl (C=O) groups excluding carboxylic acids is 1. The number of hydrogen-bond acceptors (Lipinski definition) is 2. The molecule has 1 heterocycles. The van der Waals surface area contributed by atoms with Crippen LogP contribution in [0.25, 0.3) is 11.1 Å². The first-order chi connectivity index (χ1) is 8.91. The van der Waals surface area contributed by atoms with E-state index < -0.39 is 17.5 Å². The fraction of sp³-hybridized carbons (Fsp3) is 0.0769. The van der Waals surface area contributed by atoms with E-state index in [9.17, 15) is 13.6 Å². The average Bonchev–Trinajstić information content (AvgIpc) is 2.32. The van der Waals surface area contributed by atoms with E-state index in [1.807, 2.05) is 0 Å². The first-order valence-corrected chi connectivity index (χ1v) is 5.70. The number of nitrogens with two attached hydrogens (primary N) is 1. The average molecular weight is 283 g/mol. The van der Waals surface area contributed by atoms with E-state index in [0.717, 1.165) is 12.3 Å². The molecule has 2 rings (SSSR count). The molecule has 0 atom stereocenters. The van der Waals surface area contributed by atoms with Gasteiger partial charge in [-0.05, 0) is 25.1 Å². The molecule has 98 valence electrons. The van der Waals surface area contributed by atoms with Crippen LogP contribution >= 0.6 is 11.6 Å². The van der Waals surface area contributed by atoms with E-state index in [1.54, 1.807) is 0 Å². The Bertz CT molecular complexity index is 674. The molecule has 1 aromatic carbocycles. The van der Waals surface area contributed by atoms with Crippen LogP contribution in [0.4, 0.5) is 8.78 Å². The monoisotopic (exact) mass is 282 g/mol. The number of aromatic nitrogens is 1. The van der Waals surface area contributed by atoms with Crippen molar-refractivity contribution in [3.05, 3.63) is 52.3 Å². The van der Waals surface area contributed by atoms with Gasteiger partial charge in [0.05, 0.1) is 17.5 Å². The fourth-order valence-corrected chi connectivity index (χ4v) is 2.00. The highest BCUT2D eigenvalue weighted by Crippen LogP contribution is 2.31. The van der Waals surface area contributed by atoms with Gasteiger partial charge in [-0.2, -0.15) is 0 Å². The molecule has 0 unspecified atom stereocenters. The molecule has 3 nitrogen and oxygen atoms in total. The van der Waals surface area contributed by atoms with Crippen molar-refractivity contribution < 1.29 is 13.6 Å². The lowest BCUT2D eigenvalue weighted by Crippen LogP contribution is -2.16. The number of benzene rings is 1. The third-order valence-electron chi connectivity index (χ3n) is 2.67. The number of hydrogen-bond donors (Lipinski definition) is 1. The fourth-order valence-electron chi connectivity index (χ4n) is 1.84. The van der Waals surface area contributed by atoms with Crippen LogP contribution in [0.5, 0.6) is 0 Å². The van der Waals surface area contributed by atoms with E-state index >= 15 is 0 Å². The van der Waals surface area contributed by atoms with Gasteiger partial charge in [0.25, 0.3) is 5.91 Å². The Balaban J connectivity index is 2.81. The minimum Gasteiger partial charge on any atom is -0.366 e. The second kappa shape index (κ2) is 4.93. The molecule has 0 saturated heterocycles. The minimum absolute atomic E-state index is 0.0822. The highest BCUT2D eigenvalue weighted by Gasteiger charge is 2.21. The van der Waals surface area contributed by atoms with Crippen molar-refractivity contribution in [1.82, 2.24) is 4.98 Å². The SMILES string of the molecule is Cc1ncc(F)c(-c2ccc(Cl)cc2F)c1C(N)=O. The van der Waals surface area contributed by atoms with Gasteiger partial charge >= 0.3 is 0 Å². The molecular weight excluding hydrogens is 274 g/mol. The Morgan fingerprint density at radius 3 is 2.58 bits per heavy atom. The predicted octanol–water partition coefficient (Wildman–Crippen LogP) is 3.09. The van der Waals surface area contributed by atoms with Crippen molar-refractivity contribution in [2.24, 2.45) is 5.73 Å². The molecule has 0 spiro atoms. The second-order valence-corrected chi connectivity index (χ2v) is 4.37.